The van der Waals surface area contributed by atoms with Gasteiger partial charge in [-0.25, -0.2) is 19.9 Å². The van der Waals surface area contributed by atoms with Gasteiger partial charge in [-0.3, -0.25) is 15.0 Å². The van der Waals surface area contributed by atoms with Crippen LogP contribution in [-0.2, 0) is 13.0 Å². The van der Waals surface area contributed by atoms with Crippen molar-refractivity contribution in [1.82, 2.24) is 40.0 Å². The Morgan fingerprint density at radius 2 is 1.82 bits per heavy atom. The van der Waals surface area contributed by atoms with Gasteiger partial charge < -0.3 is 4.90 Å². The first-order valence-corrected chi connectivity index (χ1v) is 14.2. The minimum absolute atomic E-state index is 0.539. The van der Waals surface area contributed by atoms with E-state index in [-0.39, 0.29) is 0 Å². The van der Waals surface area contributed by atoms with Gasteiger partial charge in [-0.2, -0.15) is 5.10 Å². The third-order valence-corrected chi connectivity index (χ3v) is 8.17. The molecule has 3 aliphatic rings. The zero-order valence-electron chi connectivity index (χ0n) is 21.9. The number of pyridine rings is 2. The SMILES string of the molecule is Cc1cc(Cc2cc(C)[nH]n2)nc(-c2ccc(N3CC4CC(C3)N4Cc3ccc(-c4cscn4)nc3)nc2)n1. The maximum Gasteiger partial charge on any atom is 0.161 e. The summed E-state index contributed by atoms with van der Waals surface area (Å²) in [5.41, 5.74) is 9.83. The van der Waals surface area contributed by atoms with Gasteiger partial charge in [0, 0.05) is 72.9 Å². The number of nitrogens with one attached hydrogen (secondary N) is 1. The Morgan fingerprint density at radius 1 is 0.923 bits per heavy atom. The van der Waals surface area contributed by atoms with Crippen LogP contribution in [0.5, 0.6) is 0 Å². The quantitative estimate of drug-likeness (QED) is 0.326. The van der Waals surface area contributed by atoms with E-state index >= 15 is 0 Å². The minimum Gasteiger partial charge on any atom is -0.353 e. The number of aryl methyl sites for hydroxylation is 2. The summed E-state index contributed by atoms with van der Waals surface area (Å²) in [5, 5.41) is 9.38. The third-order valence-electron chi connectivity index (χ3n) is 7.59. The molecular weight excluding hydrogens is 506 g/mol. The van der Waals surface area contributed by atoms with Crippen LogP contribution >= 0.6 is 11.3 Å². The molecule has 3 aliphatic heterocycles. The molecule has 8 rings (SSSR count). The molecule has 196 valence electrons. The molecule has 0 radical (unpaired) electrons. The number of H-pyrrole nitrogens is 1. The Labute approximate surface area is 231 Å². The number of hydrogen-bond acceptors (Lipinski definition) is 9. The van der Waals surface area contributed by atoms with E-state index in [0.29, 0.717) is 24.3 Å². The largest absolute Gasteiger partial charge is 0.353 e. The van der Waals surface area contributed by atoms with E-state index in [4.69, 9.17) is 9.97 Å². The number of rotatable bonds is 7. The number of aromatic nitrogens is 7. The lowest BCUT2D eigenvalue weighted by Gasteiger charge is -2.56. The van der Waals surface area contributed by atoms with Crippen molar-refractivity contribution in [3.63, 3.8) is 0 Å². The molecule has 5 aromatic rings. The minimum atomic E-state index is 0.539. The molecule has 3 fully saturated rings. The van der Waals surface area contributed by atoms with Gasteiger partial charge in [0.25, 0.3) is 0 Å². The lowest BCUT2D eigenvalue weighted by molar-refractivity contribution is -0.00874. The van der Waals surface area contributed by atoms with Crippen molar-refractivity contribution in [3.05, 3.63) is 88.0 Å². The van der Waals surface area contributed by atoms with Gasteiger partial charge in [-0.05, 0) is 56.2 Å². The second kappa shape index (κ2) is 9.94. The fourth-order valence-corrected chi connectivity index (χ4v) is 6.21. The van der Waals surface area contributed by atoms with Crippen molar-refractivity contribution in [3.8, 4) is 22.8 Å². The Kier molecular flexibility index (Phi) is 6.13. The molecule has 1 N–H and O–H groups in total. The van der Waals surface area contributed by atoms with E-state index in [1.165, 1.54) is 12.0 Å². The molecule has 2 atom stereocenters. The van der Waals surface area contributed by atoms with Crippen LogP contribution in [0.4, 0.5) is 5.82 Å². The van der Waals surface area contributed by atoms with E-state index in [1.54, 1.807) is 11.3 Å². The first-order chi connectivity index (χ1) is 19.1. The Morgan fingerprint density at radius 3 is 2.51 bits per heavy atom. The van der Waals surface area contributed by atoms with Crippen LogP contribution in [0.15, 0.2) is 59.7 Å². The molecule has 2 bridgehead atoms. The summed E-state index contributed by atoms with van der Waals surface area (Å²) < 4.78 is 0. The first-order valence-electron chi connectivity index (χ1n) is 13.2. The topological polar surface area (TPSA) is 99.6 Å². The summed E-state index contributed by atoms with van der Waals surface area (Å²) in [6.45, 7) is 6.92. The first kappa shape index (κ1) is 24.1. The Bertz CT molecular complexity index is 1570. The van der Waals surface area contributed by atoms with Crippen LogP contribution in [-0.4, -0.2) is 65.2 Å². The van der Waals surface area contributed by atoms with E-state index in [9.17, 15) is 0 Å². The van der Waals surface area contributed by atoms with E-state index in [2.05, 4.69) is 59.2 Å². The predicted molar refractivity (Wildman–Crippen MR) is 151 cm³/mol. The molecule has 2 unspecified atom stereocenters. The van der Waals surface area contributed by atoms with Crippen molar-refractivity contribution in [2.75, 3.05) is 18.0 Å². The molecule has 0 aliphatic carbocycles. The molecular formula is C29H29N9S. The lowest BCUT2D eigenvalue weighted by Crippen LogP contribution is -2.68. The van der Waals surface area contributed by atoms with E-state index in [0.717, 1.165) is 65.2 Å². The molecule has 0 spiro atoms. The van der Waals surface area contributed by atoms with Crippen molar-refractivity contribution < 1.29 is 0 Å². The molecule has 9 nitrogen and oxygen atoms in total. The Balaban J connectivity index is 0.996. The van der Waals surface area contributed by atoms with Crippen LogP contribution in [0.3, 0.4) is 0 Å². The number of aromatic amines is 1. The van der Waals surface area contributed by atoms with Crippen LogP contribution in [0.1, 0.15) is 34.8 Å². The molecule has 0 saturated carbocycles. The van der Waals surface area contributed by atoms with E-state index < -0.39 is 0 Å². The molecule has 10 heteroatoms. The van der Waals surface area contributed by atoms with Gasteiger partial charge in [-0.1, -0.05) is 6.07 Å². The zero-order valence-corrected chi connectivity index (χ0v) is 22.8. The smallest absolute Gasteiger partial charge is 0.161 e. The Hall–Kier alpha value is -4.02. The molecule has 5 aromatic heterocycles. The number of fused-ring (bicyclic) bond motifs is 2. The summed E-state index contributed by atoms with van der Waals surface area (Å²) in [6, 6.07) is 13.6. The molecule has 39 heavy (non-hydrogen) atoms. The number of thiazole rings is 1. The number of nitrogens with zero attached hydrogens (tertiary/aromatic N) is 8. The lowest BCUT2D eigenvalue weighted by atomic mass is 9.87. The number of piperidine rings is 1. The highest BCUT2D eigenvalue weighted by Gasteiger charge is 2.44. The van der Waals surface area contributed by atoms with Crippen LogP contribution in [0.2, 0.25) is 0 Å². The van der Waals surface area contributed by atoms with Gasteiger partial charge in [0.2, 0.25) is 0 Å². The maximum absolute atomic E-state index is 4.82. The fourth-order valence-electron chi connectivity index (χ4n) is 5.66. The van der Waals surface area contributed by atoms with Crippen LogP contribution in [0, 0.1) is 13.8 Å². The molecule has 0 amide bonds. The van der Waals surface area contributed by atoms with Crippen molar-refractivity contribution in [2.45, 2.75) is 45.3 Å². The number of hydrogen-bond donors (Lipinski definition) is 1. The average molecular weight is 536 g/mol. The number of anilines is 1. The molecule has 8 heterocycles. The second-order valence-corrected chi connectivity index (χ2v) is 11.2. The third kappa shape index (κ3) is 4.93. The van der Waals surface area contributed by atoms with Gasteiger partial charge >= 0.3 is 0 Å². The highest BCUT2D eigenvalue weighted by atomic mass is 32.1. The highest BCUT2D eigenvalue weighted by Crippen LogP contribution is 2.35. The highest BCUT2D eigenvalue weighted by molar-refractivity contribution is 7.07. The summed E-state index contributed by atoms with van der Waals surface area (Å²) in [5.74, 6) is 1.72. The monoisotopic (exact) mass is 535 g/mol. The van der Waals surface area contributed by atoms with Crippen molar-refractivity contribution in [1.29, 1.82) is 0 Å². The predicted octanol–water partition coefficient (Wildman–Crippen LogP) is 4.45. The molecule has 3 saturated heterocycles. The van der Waals surface area contributed by atoms with E-state index in [1.807, 2.05) is 49.3 Å². The second-order valence-electron chi connectivity index (χ2n) is 10.5. The summed E-state index contributed by atoms with van der Waals surface area (Å²) in [6.07, 6.45) is 5.81. The summed E-state index contributed by atoms with van der Waals surface area (Å²) >= 11 is 1.59. The van der Waals surface area contributed by atoms with Crippen LogP contribution < -0.4 is 4.90 Å². The standard InChI is InChI=1S/C29H29N9S/c1-18-7-22(9-23-8-19(2)35-36-23)34-29(33-18)21-4-6-28(31-12-21)37-14-24-10-25(15-37)38(24)13-20-3-5-26(30-11-20)27-16-39-17-32-27/h3-8,11-12,16-17,24-25H,9-10,13-15H2,1-2H3,(H,35,36). The van der Waals surface area contributed by atoms with Gasteiger partial charge in [0.1, 0.15) is 5.82 Å². The van der Waals surface area contributed by atoms with Crippen molar-refractivity contribution in [2.24, 2.45) is 0 Å². The van der Waals surface area contributed by atoms with Gasteiger partial charge in [-0.15, -0.1) is 11.3 Å². The normalized spacial score (nSPS) is 18.8. The summed E-state index contributed by atoms with van der Waals surface area (Å²) in [4.78, 5) is 28.3. The van der Waals surface area contributed by atoms with Gasteiger partial charge in [0.15, 0.2) is 5.82 Å². The molecule has 0 aromatic carbocycles. The number of piperazine rings is 1. The average Bonchev–Trinajstić information content (AvgIpc) is 3.64. The van der Waals surface area contributed by atoms with Crippen LogP contribution in [0.25, 0.3) is 22.8 Å². The van der Waals surface area contributed by atoms with Crippen molar-refractivity contribution >= 4 is 17.2 Å². The zero-order chi connectivity index (χ0) is 26.3. The summed E-state index contributed by atoms with van der Waals surface area (Å²) in [7, 11) is 0. The van der Waals surface area contributed by atoms with Gasteiger partial charge in [0.05, 0.1) is 28.3 Å². The maximum atomic E-state index is 4.82. The fraction of sp³-hybridized carbons (Fsp3) is 0.310.